The maximum Gasteiger partial charge on any atom is 0.224 e. The van der Waals surface area contributed by atoms with Gasteiger partial charge in [-0.15, -0.1) is 0 Å². The second kappa shape index (κ2) is 7.19. The number of thioether (sulfide) groups is 1. The number of thiocarbonyl (C=S) groups is 1. The molecule has 0 fully saturated rings. The molecule has 4 heteroatoms. The zero-order valence-electron chi connectivity index (χ0n) is 8.88. The summed E-state index contributed by atoms with van der Waals surface area (Å²) >= 11 is 6.13. The van der Waals surface area contributed by atoms with Gasteiger partial charge in [0.1, 0.15) is 0 Å². The summed E-state index contributed by atoms with van der Waals surface area (Å²) in [7, 11) is 0. The lowest BCUT2D eigenvalue weighted by Crippen LogP contribution is -1.95. The molecule has 0 spiro atoms. The Morgan fingerprint density at radius 1 is 1.44 bits per heavy atom. The van der Waals surface area contributed by atoms with Crippen LogP contribution in [0.25, 0.3) is 0 Å². The van der Waals surface area contributed by atoms with Gasteiger partial charge in [-0.1, -0.05) is 30.3 Å². The van der Waals surface area contributed by atoms with Crippen molar-refractivity contribution >= 4 is 34.1 Å². The normalized spacial score (nSPS) is 10.3. The van der Waals surface area contributed by atoms with Crippen LogP contribution >= 0.6 is 24.0 Å². The maximum atomic E-state index is 11.6. The molecule has 0 heterocycles. The quantitative estimate of drug-likeness (QED) is 0.466. The minimum Gasteiger partial charge on any atom is -0.479 e. The van der Waals surface area contributed by atoms with Crippen LogP contribution < -0.4 is 0 Å². The number of benzene rings is 1. The lowest BCUT2D eigenvalue weighted by molar-refractivity contribution is 0.104. The van der Waals surface area contributed by atoms with Gasteiger partial charge in [-0.05, 0) is 42.4 Å². The Hall–Kier alpha value is -1.13. The zero-order chi connectivity index (χ0) is 11.8. The van der Waals surface area contributed by atoms with Crippen LogP contribution in [0.4, 0.5) is 0 Å². The van der Waals surface area contributed by atoms with E-state index in [1.165, 1.54) is 17.8 Å². The molecule has 0 radical (unpaired) electrons. The van der Waals surface area contributed by atoms with E-state index in [4.69, 9.17) is 17.0 Å². The van der Waals surface area contributed by atoms with E-state index in [2.05, 4.69) is 0 Å². The molecule has 1 rings (SSSR count). The second-order valence-electron chi connectivity index (χ2n) is 2.83. The van der Waals surface area contributed by atoms with Crippen LogP contribution in [0.5, 0.6) is 0 Å². The number of hydrogen-bond donors (Lipinski definition) is 0. The van der Waals surface area contributed by atoms with Gasteiger partial charge in [0, 0.05) is 5.56 Å². The van der Waals surface area contributed by atoms with Gasteiger partial charge in [0.2, 0.25) is 4.38 Å². The Kier molecular flexibility index (Phi) is 5.82. The van der Waals surface area contributed by atoms with Crippen molar-refractivity contribution in [2.45, 2.75) is 6.92 Å². The lowest BCUT2D eigenvalue weighted by Gasteiger charge is -1.99. The van der Waals surface area contributed by atoms with E-state index < -0.39 is 0 Å². The molecule has 0 aromatic heterocycles. The molecule has 0 saturated heterocycles. The van der Waals surface area contributed by atoms with Gasteiger partial charge in [-0.25, -0.2) is 0 Å². The molecular formula is C12H12O2S2. The van der Waals surface area contributed by atoms with E-state index in [9.17, 15) is 4.79 Å². The highest BCUT2D eigenvalue weighted by atomic mass is 32.2. The standard InChI is InChI=1S/C12H12O2S2/c1-2-14-12(15)16-9-8-11(13)10-6-4-3-5-7-10/h3-9H,2H2,1H3. The first-order valence-electron chi connectivity index (χ1n) is 4.83. The monoisotopic (exact) mass is 252 g/mol. The largest absolute Gasteiger partial charge is 0.479 e. The Bertz CT molecular complexity index is 385. The van der Waals surface area contributed by atoms with Gasteiger partial charge in [-0.2, -0.15) is 0 Å². The molecule has 84 valence electrons. The van der Waals surface area contributed by atoms with Crippen LogP contribution in [0.2, 0.25) is 0 Å². The Labute approximate surface area is 105 Å². The summed E-state index contributed by atoms with van der Waals surface area (Å²) in [6.45, 7) is 2.41. The molecule has 0 unspecified atom stereocenters. The molecule has 0 N–H and O–H groups in total. The fraction of sp³-hybridized carbons (Fsp3) is 0.167. The van der Waals surface area contributed by atoms with Crippen LogP contribution in [0.3, 0.4) is 0 Å². The molecule has 1 aromatic rings. The van der Waals surface area contributed by atoms with Crippen molar-refractivity contribution in [3.63, 3.8) is 0 Å². The molecule has 0 aliphatic heterocycles. The van der Waals surface area contributed by atoms with Gasteiger partial charge in [0.25, 0.3) is 0 Å². The molecule has 0 saturated carbocycles. The first-order valence-corrected chi connectivity index (χ1v) is 6.12. The minimum absolute atomic E-state index is 0.0348. The molecule has 16 heavy (non-hydrogen) atoms. The number of hydrogen-bond acceptors (Lipinski definition) is 4. The third-order valence-corrected chi connectivity index (χ3v) is 2.69. The topological polar surface area (TPSA) is 26.3 Å². The highest BCUT2D eigenvalue weighted by Crippen LogP contribution is 2.09. The molecule has 0 amide bonds. The first-order chi connectivity index (χ1) is 7.74. The molecule has 0 aliphatic rings. The van der Waals surface area contributed by atoms with Gasteiger partial charge in [-0.3, -0.25) is 4.79 Å². The molecule has 2 nitrogen and oxygen atoms in total. The smallest absolute Gasteiger partial charge is 0.224 e. The van der Waals surface area contributed by atoms with Crippen molar-refractivity contribution in [3.05, 3.63) is 47.4 Å². The summed E-state index contributed by atoms with van der Waals surface area (Å²) in [5, 5.41) is 1.65. The molecule has 1 aromatic carbocycles. The van der Waals surface area contributed by atoms with Crippen LogP contribution in [-0.2, 0) is 4.74 Å². The molecule has 0 aliphatic carbocycles. The maximum absolute atomic E-state index is 11.6. The van der Waals surface area contributed by atoms with E-state index in [-0.39, 0.29) is 5.78 Å². The number of carbonyl (C=O) groups excluding carboxylic acids is 1. The summed E-state index contributed by atoms with van der Waals surface area (Å²) < 4.78 is 5.49. The van der Waals surface area contributed by atoms with Crippen LogP contribution in [-0.4, -0.2) is 16.8 Å². The van der Waals surface area contributed by atoms with Crippen LogP contribution in [0.15, 0.2) is 41.8 Å². The van der Waals surface area contributed by atoms with Gasteiger partial charge in [0.05, 0.1) is 6.61 Å². The fourth-order valence-corrected chi connectivity index (χ4v) is 1.78. The van der Waals surface area contributed by atoms with Gasteiger partial charge in [0.15, 0.2) is 5.78 Å². The average molecular weight is 252 g/mol. The first kappa shape index (κ1) is 12.9. The summed E-state index contributed by atoms with van der Waals surface area (Å²) in [6.07, 6.45) is 1.49. The third kappa shape index (κ3) is 4.59. The van der Waals surface area contributed by atoms with E-state index in [0.717, 1.165) is 0 Å². The number of ether oxygens (including phenoxy) is 1. The van der Waals surface area contributed by atoms with Crippen molar-refractivity contribution in [1.82, 2.24) is 0 Å². The Morgan fingerprint density at radius 3 is 2.75 bits per heavy atom. The van der Waals surface area contributed by atoms with Crippen molar-refractivity contribution in [1.29, 1.82) is 0 Å². The van der Waals surface area contributed by atoms with E-state index in [0.29, 0.717) is 16.6 Å². The number of ketones is 1. The third-order valence-electron chi connectivity index (χ3n) is 1.70. The van der Waals surface area contributed by atoms with E-state index in [1.807, 2.05) is 25.1 Å². The molecular weight excluding hydrogens is 240 g/mol. The Balaban J connectivity index is 2.46. The summed E-state index contributed by atoms with van der Waals surface area (Å²) in [6, 6.07) is 9.09. The number of rotatable bonds is 4. The predicted molar refractivity (Wildman–Crippen MR) is 71.7 cm³/mol. The zero-order valence-corrected chi connectivity index (χ0v) is 10.5. The predicted octanol–water partition coefficient (Wildman–Crippen LogP) is 3.44. The average Bonchev–Trinajstić information content (AvgIpc) is 2.30. The van der Waals surface area contributed by atoms with Crippen molar-refractivity contribution in [2.24, 2.45) is 0 Å². The second-order valence-corrected chi connectivity index (χ2v) is 4.34. The summed E-state index contributed by atoms with van der Waals surface area (Å²) in [5.74, 6) is -0.0348. The lowest BCUT2D eigenvalue weighted by atomic mass is 10.1. The van der Waals surface area contributed by atoms with Crippen molar-refractivity contribution in [2.75, 3.05) is 6.61 Å². The minimum atomic E-state index is -0.0348. The highest BCUT2D eigenvalue weighted by Gasteiger charge is 1.99. The van der Waals surface area contributed by atoms with Crippen molar-refractivity contribution in [3.8, 4) is 0 Å². The highest BCUT2D eigenvalue weighted by molar-refractivity contribution is 8.24. The Morgan fingerprint density at radius 2 is 2.12 bits per heavy atom. The van der Waals surface area contributed by atoms with Crippen LogP contribution in [0.1, 0.15) is 17.3 Å². The molecule has 0 atom stereocenters. The van der Waals surface area contributed by atoms with Gasteiger partial charge >= 0.3 is 0 Å². The SMILES string of the molecule is CCOC(=S)SC=CC(=O)c1ccccc1. The summed E-state index contributed by atoms with van der Waals surface area (Å²) in [4.78, 5) is 11.6. The fourth-order valence-electron chi connectivity index (χ4n) is 1.00. The van der Waals surface area contributed by atoms with E-state index >= 15 is 0 Å². The van der Waals surface area contributed by atoms with Gasteiger partial charge < -0.3 is 4.74 Å². The molecule has 0 bridgehead atoms. The number of carbonyl (C=O) groups is 1. The van der Waals surface area contributed by atoms with E-state index in [1.54, 1.807) is 17.5 Å². The van der Waals surface area contributed by atoms with Crippen LogP contribution in [0, 0.1) is 0 Å². The number of allylic oxidation sites excluding steroid dienone is 1. The van der Waals surface area contributed by atoms with Crippen molar-refractivity contribution < 1.29 is 9.53 Å². The summed E-state index contributed by atoms with van der Waals surface area (Å²) in [5.41, 5.74) is 0.668.